The molecule has 0 aliphatic carbocycles. The number of hydrogen-bond acceptors (Lipinski definition) is 3. The van der Waals surface area contributed by atoms with E-state index in [1.165, 1.54) is 16.0 Å². The Kier molecular flexibility index (Phi) is 5.50. The number of aryl methyl sites for hydroxylation is 1. The van der Waals surface area contributed by atoms with Gasteiger partial charge in [-0.3, -0.25) is 0 Å². The van der Waals surface area contributed by atoms with Gasteiger partial charge in [-0.25, -0.2) is 0 Å². The Hall–Kier alpha value is -1.45. The average Bonchev–Trinajstić information content (AvgIpc) is 2.53. The quantitative estimate of drug-likeness (QED) is 0.814. The van der Waals surface area contributed by atoms with E-state index >= 15 is 0 Å². The van der Waals surface area contributed by atoms with Gasteiger partial charge in [-0.1, -0.05) is 31.2 Å². The van der Waals surface area contributed by atoms with Crippen LogP contribution in [0.2, 0.25) is 0 Å². The molecule has 0 aliphatic rings. The van der Waals surface area contributed by atoms with Crippen LogP contribution in [0.15, 0.2) is 53.4 Å². The molecule has 0 aliphatic heterocycles. The predicted octanol–water partition coefficient (Wildman–Crippen LogP) is 4.05. The molecule has 0 fully saturated rings. The van der Waals surface area contributed by atoms with Crippen LogP contribution in [-0.4, -0.2) is 12.9 Å². The molecule has 1 atom stereocenters. The van der Waals surface area contributed by atoms with Gasteiger partial charge in [0.05, 0.1) is 7.11 Å². The van der Waals surface area contributed by atoms with Crippen LogP contribution in [0.5, 0.6) is 5.75 Å². The summed E-state index contributed by atoms with van der Waals surface area (Å²) in [6.07, 6.45) is 1.07. The van der Waals surface area contributed by atoms with Crippen LogP contribution >= 0.6 is 11.8 Å². The van der Waals surface area contributed by atoms with Crippen molar-refractivity contribution in [3.05, 3.63) is 59.7 Å². The first-order valence-corrected chi connectivity index (χ1v) is 7.82. The normalized spacial score (nSPS) is 12.2. The van der Waals surface area contributed by atoms with Gasteiger partial charge in [-0.15, -0.1) is 11.8 Å². The second kappa shape index (κ2) is 7.36. The highest BCUT2D eigenvalue weighted by Crippen LogP contribution is 2.25. The molecule has 0 spiro atoms. The molecule has 0 radical (unpaired) electrons. The molecule has 0 aromatic heterocycles. The lowest BCUT2D eigenvalue weighted by atomic mass is 10.1. The molecule has 2 aromatic rings. The zero-order valence-corrected chi connectivity index (χ0v) is 12.8. The van der Waals surface area contributed by atoms with Gasteiger partial charge in [0.1, 0.15) is 5.75 Å². The zero-order valence-electron chi connectivity index (χ0n) is 12.0. The van der Waals surface area contributed by atoms with Crippen molar-refractivity contribution in [1.82, 2.24) is 0 Å². The molecule has 2 N–H and O–H groups in total. The molecule has 2 nitrogen and oxygen atoms in total. The summed E-state index contributed by atoms with van der Waals surface area (Å²) in [7, 11) is 1.68. The Labute approximate surface area is 125 Å². The first-order valence-electron chi connectivity index (χ1n) is 6.84. The second-order valence-corrected chi connectivity index (χ2v) is 5.78. The Morgan fingerprint density at radius 2 is 1.70 bits per heavy atom. The topological polar surface area (TPSA) is 35.2 Å². The third kappa shape index (κ3) is 4.02. The fourth-order valence-corrected chi connectivity index (χ4v) is 2.85. The standard InChI is InChI=1S/C17H21NOS/c1-3-13-4-6-14(7-5-13)17(18)12-20-16-10-8-15(19-2)9-11-16/h4-11,17H,3,12,18H2,1-2H3. The minimum Gasteiger partial charge on any atom is -0.497 e. The fraction of sp³-hybridized carbons (Fsp3) is 0.294. The molecular formula is C17H21NOS. The highest BCUT2D eigenvalue weighted by atomic mass is 32.2. The van der Waals surface area contributed by atoms with E-state index in [4.69, 9.17) is 10.5 Å². The molecule has 0 bridgehead atoms. The van der Waals surface area contributed by atoms with Crippen molar-refractivity contribution in [1.29, 1.82) is 0 Å². The molecule has 0 saturated carbocycles. The lowest BCUT2D eigenvalue weighted by Crippen LogP contribution is -2.12. The maximum atomic E-state index is 6.24. The molecule has 0 amide bonds. The van der Waals surface area contributed by atoms with Gasteiger partial charge in [0.15, 0.2) is 0 Å². The molecule has 1 unspecified atom stereocenters. The largest absolute Gasteiger partial charge is 0.497 e. The summed E-state index contributed by atoms with van der Waals surface area (Å²) in [4.78, 5) is 1.21. The number of rotatable bonds is 6. The monoisotopic (exact) mass is 287 g/mol. The summed E-state index contributed by atoms with van der Waals surface area (Å²) in [6.45, 7) is 2.16. The van der Waals surface area contributed by atoms with Crippen molar-refractivity contribution in [2.75, 3.05) is 12.9 Å². The molecule has 106 valence electrons. The summed E-state index contributed by atoms with van der Waals surface area (Å²) in [5.41, 5.74) is 8.79. The van der Waals surface area contributed by atoms with Crippen molar-refractivity contribution in [3.63, 3.8) is 0 Å². The zero-order chi connectivity index (χ0) is 14.4. The van der Waals surface area contributed by atoms with Crippen molar-refractivity contribution in [2.24, 2.45) is 5.73 Å². The van der Waals surface area contributed by atoms with Crippen molar-refractivity contribution in [3.8, 4) is 5.75 Å². The minimum absolute atomic E-state index is 0.0630. The number of thioether (sulfide) groups is 1. The summed E-state index contributed by atoms with van der Waals surface area (Å²) < 4.78 is 5.15. The van der Waals surface area contributed by atoms with Crippen LogP contribution in [0, 0.1) is 0 Å². The van der Waals surface area contributed by atoms with Gasteiger partial charge in [0.2, 0.25) is 0 Å². The number of hydrogen-bond donors (Lipinski definition) is 1. The molecule has 3 heteroatoms. The first-order chi connectivity index (χ1) is 9.72. The lowest BCUT2D eigenvalue weighted by molar-refractivity contribution is 0.414. The second-order valence-electron chi connectivity index (χ2n) is 4.69. The van der Waals surface area contributed by atoms with Crippen LogP contribution < -0.4 is 10.5 Å². The van der Waals surface area contributed by atoms with Crippen LogP contribution in [0.25, 0.3) is 0 Å². The van der Waals surface area contributed by atoms with E-state index in [-0.39, 0.29) is 6.04 Å². The molecular weight excluding hydrogens is 266 g/mol. The number of ether oxygens (including phenoxy) is 1. The Balaban J connectivity index is 1.91. The predicted molar refractivity (Wildman–Crippen MR) is 86.5 cm³/mol. The highest BCUT2D eigenvalue weighted by Gasteiger charge is 2.06. The van der Waals surface area contributed by atoms with E-state index < -0.39 is 0 Å². The summed E-state index contributed by atoms with van der Waals surface area (Å²) >= 11 is 1.77. The number of nitrogens with two attached hydrogens (primary N) is 1. The molecule has 2 rings (SSSR count). The van der Waals surface area contributed by atoms with Gasteiger partial charge < -0.3 is 10.5 Å². The lowest BCUT2D eigenvalue weighted by Gasteiger charge is -2.12. The summed E-state index contributed by atoms with van der Waals surface area (Å²) in [5, 5.41) is 0. The van der Waals surface area contributed by atoms with Crippen LogP contribution in [0.3, 0.4) is 0 Å². The van der Waals surface area contributed by atoms with E-state index in [2.05, 4.69) is 43.3 Å². The van der Waals surface area contributed by atoms with Gasteiger partial charge in [0.25, 0.3) is 0 Å². The number of methoxy groups -OCH3 is 1. The first kappa shape index (κ1) is 14.9. The van der Waals surface area contributed by atoms with E-state index in [0.29, 0.717) is 0 Å². The van der Waals surface area contributed by atoms with Gasteiger partial charge in [-0.2, -0.15) is 0 Å². The maximum Gasteiger partial charge on any atom is 0.118 e. The van der Waals surface area contributed by atoms with E-state index in [1.54, 1.807) is 18.9 Å². The number of benzene rings is 2. The third-order valence-corrected chi connectivity index (χ3v) is 4.44. The highest BCUT2D eigenvalue weighted by molar-refractivity contribution is 7.99. The van der Waals surface area contributed by atoms with Gasteiger partial charge in [0, 0.05) is 16.7 Å². The van der Waals surface area contributed by atoms with Crippen molar-refractivity contribution in [2.45, 2.75) is 24.3 Å². The van der Waals surface area contributed by atoms with E-state index in [9.17, 15) is 0 Å². The van der Waals surface area contributed by atoms with Crippen LogP contribution in [0.1, 0.15) is 24.1 Å². The molecule has 0 saturated heterocycles. The SMILES string of the molecule is CCc1ccc(C(N)CSc2ccc(OC)cc2)cc1. The minimum atomic E-state index is 0.0630. The van der Waals surface area contributed by atoms with Crippen LogP contribution in [-0.2, 0) is 6.42 Å². The Morgan fingerprint density at radius 3 is 2.25 bits per heavy atom. The van der Waals surface area contributed by atoms with Gasteiger partial charge >= 0.3 is 0 Å². The smallest absolute Gasteiger partial charge is 0.118 e. The molecule has 20 heavy (non-hydrogen) atoms. The van der Waals surface area contributed by atoms with E-state index in [0.717, 1.165) is 17.9 Å². The van der Waals surface area contributed by atoms with Crippen molar-refractivity contribution >= 4 is 11.8 Å². The van der Waals surface area contributed by atoms with E-state index in [1.807, 2.05) is 12.1 Å². The average molecular weight is 287 g/mol. The molecule has 0 heterocycles. The Bertz CT molecular complexity index is 522. The summed E-state index contributed by atoms with van der Waals surface area (Å²) in [5.74, 6) is 1.76. The Morgan fingerprint density at radius 1 is 1.05 bits per heavy atom. The molecule has 2 aromatic carbocycles. The van der Waals surface area contributed by atoms with Gasteiger partial charge in [-0.05, 0) is 41.8 Å². The fourth-order valence-electron chi connectivity index (χ4n) is 1.95. The maximum absolute atomic E-state index is 6.24. The van der Waals surface area contributed by atoms with Crippen LogP contribution in [0.4, 0.5) is 0 Å². The van der Waals surface area contributed by atoms with Crippen molar-refractivity contribution < 1.29 is 4.74 Å². The third-order valence-electron chi connectivity index (χ3n) is 3.31. The summed E-state index contributed by atoms with van der Waals surface area (Å²) in [6, 6.07) is 16.7.